The summed E-state index contributed by atoms with van der Waals surface area (Å²) in [5.74, 6) is 0.937. The van der Waals surface area contributed by atoms with Gasteiger partial charge in [0.05, 0.1) is 15.7 Å². The Morgan fingerprint density at radius 3 is 2.95 bits per heavy atom. The van der Waals surface area contributed by atoms with Gasteiger partial charge in [0.2, 0.25) is 0 Å². The highest BCUT2D eigenvalue weighted by Crippen LogP contribution is 2.23. The summed E-state index contributed by atoms with van der Waals surface area (Å²) < 4.78 is 0.668. The maximum atomic E-state index is 11.8. The first-order chi connectivity index (χ1) is 9.10. The summed E-state index contributed by atoms with van der Waals surface area (Å²) in [6.07, 6.45) is 3.96. The third-order valence-corrected chi connectivity index (χ3v) is 3.56. The van der Waals surface area contributed by atoms with E-state index in [9.17, 15) is 4.79 Å². The van der Waals surface area contributed by atoms with Crippen LogP contribution in [0.5, 0.6) is 0 Å². The van der Waals surface area contributed by atoms with Crippen molar-refractivity contribution in [2.24, 2.45) is 0 Å². The molecule has 0 aliphatic carbocycles. The highest BCUT2D eigenvalue weighted by molar-refractivity contribution is 9.10. The van der Waals surface area contributed by atoms with Gasteiger partial charge >= 0.3 is 6.03 Å². The van der Waals surface area contributed by atoms with Gasteiger partial charge in [0.15, 0.2) is 0 Å². The van der Waals surface area contributed by atoms with Gasteiger partial charge in [-0.1, -0.05) is 18.5 Å². The number of hydrogen-bond donors (Lipinski definition) is 3. The molecule has 8 heteroatoms. The second-order valence-corrected chi connectivity index (χ2v) is 4.95. The van der Waals surface area contributed by atoms with E-state index in [4.69, 9.17) is 11.6 Å². The molecule has 3 N–H and O–H groups in total. The van der Waals surface area contributed by atoms with Crippen LogP contribution in [-0.4, -0.2) is 21.2 Å². The number of carbonyl (C=O) groups excluding carboxylic acids is 1. The van der Waals surface area contributed by atoms with Crippen molar-refractivity contribution < 1.29 is 4.79 Å². The molecule has 2 rings (SSSR count). The lowest BCUT2D eigenvalue weighted by Gasteiger charge is -2.07. The zero-order valence-electron chi connectivity index (χ0n) is 10.00. The molecule has 0 bridgehead atoms. The molecule has 0 unspecified atom stereocenters. The smallest absolute Gasteiger partial charge is 0.292 e. The van der Waals surface area contributed by atoms with E-state index in [0.29, 0.717) is 21.1 Å². The molecule has 0 saturated carbocycles. The summed E-state index contributed by atoms with van der Waals surface area (Å²) >= 11 is 9.14. The van der Waals surface area contributed by atoms with E-state index >= 15 is 0 Å². The molecule has 6 nitrogen and oxygen atoms in total. The fourth-order valence-electron chi connectivity index (χ4n) is 1.43. The molecule has 19 heavy (non-hydrogen) atoms. The topological polar surface area (TPSA) is 82.7 Å². The van der Waals surface area contributed by atoms with Gasteiger partial charge in [0.1, 0.15) is 11.6 Å². The van der Waals surface area contributed by atoms with E-state index in [1.807, 2.05) is 6.92 Å². The largest absolute Gasteiger partial charge is 0.326 e. The predicted molar refractivity (Wildman–Crippen MR) is 77.6 cm³/mol. The standard InChI is InChI=1S/C11H11BrClN5O/c1-2-6-4-15-18-10(6)17-11(19)16-9-3-8(13)7(12)5-14-9/h3-5H,2H2,1H3,(H3,14,15,16,17,18,19). The minimum atomic E-state index is -0.412. The number of rotatable bonds is 3. The molecular formula is C11H11BrClN5O. The first-order valence-electron chi connectivity index (χ1n) is 5.51. The number of aromatic nitrogens is 3. The summed E-state index contributed by atoms with van der Waals surface area (Å²) in [5.41, 5.74) is 0.928. The first kappa shape index (κ1) is 13.8. The molecule has 0 aromatic carbocycles. The summed E-state index contributed by atoms with van der Waals surface area (Å²) in [7, 11) is 0. The molecule has 0 aliphatic rings. The Morgan fingerprint density at radius 1 is 1.47 bits per heavy atom. The molecule has 0 atom stereocenters. The van der Waals surface area contributed by atoms with Crippen LogP contribution in [0.3, 0.4) is 0 Å². The highest BCUT2D eigenvalue weighted by atomic mass is 79.9. The van der Waals surface area contributed by atoms with Gasteiger partial charge in [0, 0.05) is 17.8 Å². The van der Waals surface area contributed by atoms with Crippen molar-refractivity contribution in [2.45, 2.75) is 13.3 Å². The van der Waals surface area contributed by atoms with Gasteiger partial charge in [-0.05, 0) is 22.4 Å². The Hall–Kier alpha value is -1.60. The van der Waals surface area contributed by atoms with Gasteiger partial charge in [-0.2, -0.15) is 5.10 Å². The summed E-state index contributed by atoms with van der Waals surface area (Å²) in [4.78, 5) is 15.8. The summed E-state index contributed by atoms with van der Waals surface area (Å²) in [5, 5.41) is 12.3. The zero-order valence-corrected chi connectivity index (χ0v) is 12.3. The van der Waals surface area contributed by atoms with Gasteiger partial charge < -0.3 is 0 Å². The van der Waals surface area contributed by atoms with Gasteiger partial charge in [0.25, 0.3) is 0 Å². The van der Waals surface area contributed by atoms with Gasteiger partial charge in [-0.25, -0.2) is 9.78 Å². The van der Waals surface area contributed by atoms with E-state index in [2.05, 4.69) is 41.7 Å². The van der Waals surface area contributed by atoms with E-state index in [-0.39, 0.29) is 0 Å². The van der Waals surface area contributed by atoms with Crippen LogP contribution in [0.25, 0.3) is 0 Å². The maximum Gasteiger partial charge on any atom is 0.326 e. The SMILES string of the molecule is CCc1cn[nH]c1NC(=O)Nc1cc(Cl)c(Br)cn1. The van der Waals surface area contributed by atoms with Crippen molar-refractivity contribution in [1.29, 1.82) is 0 Å². The van der Waals surface area contributed by atoms with Crippen LogP contribution in [0.4, 0.5) is 16.4 Å². The number of urea groups is 1. The molecular weight excluding hydrogens is 334 g/mol. The number of nitrogens with one attached hydrogen (secondary N) is 3. The first-order valence-corrected chi connectivity index (χ1v) is 6.68. The van der Waals surface area contributed by atoms with Crippen LogP contribution in [0.2, 0.25) is 5.02 Å². The minimum Gasteiger partial charge on any atom is -0.292 e. The van der Waals surface area contributed by atoms with Crippen LogP contribution in [-0.2, 0) is 6.42 Å². The van der Waals surface area contributed by atoms with Crippen LogP contribution in [0.1, 0.15) is 12.5 Å². The predicted octanol–water partition coefficient (Wildman–Crippen LogP) is 3.43. The molecule has 0 radical (unpaired) electrons. The lowest BCUT2D eigenvalue weighted by Crippen LogP contribution is -2.21. The van der Waals surface area contributed by atoms with Crippen molar-refractivity contribution in [3.63, 3.8) is 0 Å². The molecule has 0 spiro atoms. The summed E-state index contributed by atoms with van der Waals surface area (Å²) in [6, 6.07) is 1.14. The van der Waals surface area contributed by atoms with Gasteiger partial charge in [-0.15, -0.1) is 0 Å². The van der Waals surface area contributed by atoms with Crippen LogP contribution in [0, 0.1) is 0 Å². The number of halogens is 2. The highest BCUT2D eigenvalue weighted by Gasteiger charge is 2.09. The number of H-pyrrole nitrogens is 1. The van der Waals surface area contributed by atoms with Crippen molar-refractivity contribution in [1.82, 2.24) is 15.2 Å². The number of aromatic amines is 1. The molecule has 0 saturated heterocycles. The minimum absolute atomic E-state index is 0.364. The van der Waals surface area contributed by atoms with E-state index in [1.54, 1.807) is 12.3 Å². The van der Waals surface area contributed by atoms with E-state index in [0.717, 1.165) is 12.0 Å². The Labute approximate surface area is 123 Å². The molecule has 2 aromatic rings. The van der Waals surface area contributed by atoms with Crippen molar-refractivity contribution >= 4 is 45.2 Å². The quantitative estimate of drug-likeness (QED) is 0.797. The lowest BCUT2D eigenvalue weighted by atomic mass is 10.2. The van der Waals surface area contributed by atoms with Crippen LogP contribution >= 0.6 is 27.5 Å². The molecule has 2 amide bonds. The maximum absolute atomic E-state index is 11.8. The summed E-state index contributed by atoms with van der Waals surface area (Å²) in [6.45, 7) is 1.98. The lowest BCUT2D eigenvalue weighted by molar-refractivity contribution is 0.262. The number of hydrogen-bond acceptors (Lipinski definition) is 3. The molecule has 0 fully saturated rings. The number of carbonyl (C=O) groups is 1. The Morgan fingerprint density at radius 2 is 2.26 bits per heavy atom. The molecule has 0 aliphatic heterocycles. The Balaban J connectivity index is 2.03. The fourth-order valence-corrected chi connectivity index (χ4v) is 1.80. The third kappa shape index (κ3) is 3.45. The normalized spacial score (nSPS) is 10.3. The van der Waals surface area contributed by atoms with Crippen LogP contribution < -0.4 is 10.6 Å². The molecule has 2 aromatic heterocycles. The Bertz CT molecular complexity index is 601. The number of amides is 2. The molecule has 100 valence electrons. The second-order valence-electron chi connectivity index (χ2n) is 3.69. The van der Waals surface area contributed by atoms with E-state index < -0.39 is 6.03 Å². The number of nitrogens with zero attached hydrogens (tertiary/aromatic N) is 2. The van der Waals surface area contributed by atoms with Crippen LogP contribution in [0.15, 0.2) is 22.9 Å². The van der Waals surface area contributed by atoms with E-state index in [1.165, 1.54) is 6.20 Å². The van der Waals surface area contributed by atoms with Gasteiger partial charge in [-0.3, -0.25) is 15.7 Å². The Kier molecular flexibility index (Phi) is 4.39. The average Bonchev–Trinajstić information content (AvgIpc) is 2.81. The number of aryl methyl sites for hydroxylation is 1. The fraction of sp³-hybridized carbons (Fsp3) is 0.182. The average molecular weight is 345 g/mol. The second kappa shape index (κ2) is 6.03. The van der Waals surface area contributed by atoms with Crippen molar-refractivity contribution in [3.8, 4) is 0 Å². The number of anilines is 2. The molecule has 2 heterocycles. The third-order valence-electron chi connectivity index (χ3n) is 2.39. The van der Waals surface area contributed by atoms with Crippen molar-refractivity contribution in [3.05, 3.63) is 33.5 Å². The monoisotopic (exact) mass is 343 g/mol. The van der Waals surface area contributed by atoms with Crippen molar-refractivity contribution in [2.75, 3.05) is 10.6 Å². The zero-order chi connectivity index (χ0) is 13.8. The number of pyridine rings is 1.